The average molecular weight is 270 g/mol. The highest BCUT2D eigenvalue weighted by molar-refractivity contribution is 5.98. The molecule has 1 atom stereocenters. The average Bonchev–Trinajstić information content (AvgIpc) is 2.29. The van der Waals surface area contributed by atoms with Crippen LogP contribution in [0.3, 0.4) is 0 Å². The molecular formula is C10H14N4O5. The minimum absolute atomic E-state index is 0.378. The van der Waals surface area contributed by atoms with E-state index in [-0.39, 0.29) is 5.92 Å². The minimum atomic E-state index is -1.23. The lowest BCUT2D eigenvalue weighted by Crippen LogP contribution is -2.45. The van der Waals surface area contributed by atoms with Crippen molar-refractivity contribution in [2.45, 2.75) is 19.9 Å². The molecule has 0 radical (unpaired) electrons. The quantitative estimate of drug-likeness (QED) is 0.447. The second-order valence-electron chi connectivity index (χ2n) is 4.23. The molecule has 6 N–H and O–H groups in total. The summed E-state index contributed by atoms with van der Waals surface area (Å²) in [4.78, 5) is 48.9. The number of carbonyl (C=O) groups excluding carboxylic acids is 1. The zero-order valence-electron chi connectivity index (χ0n) is 10.3. The summed E-state index contributed by atoms with van der Waals surface area (Å²) in [5, 5.41) is 11.1. The van der Waals surface area contributed by atoms with Crippen LogP contribution in [0, 0.1) is 5.92 Å². The van der Waals surface area contributed by atoms with E-state index in [1.165, 1.54) is 0 Å². The molecule has 104 valence electrons. The van der Waals surface area contributed by atoms with E-state index in [0.717, 1.165) is 0 Å². The fraction of sp³-hybridized carbons (Fsp3) is 0.400. The van der Waals surface area contributed by atoms with Gasteiger partial charge in [-0.3, -0.25) is 14.6 Å². The molecule has 1 amide bonds. The second-order valence-corrected chi connectivity index (χ2v) is 4.23. The summed E-state index contributed by atoms with van der Waals surface area (Å²) in [6.45, 7) is 3.20. The molecule has 0 spiro atoms. The first-order valence-corrected chi connectivity index (χ1v) is 5.39. The number of aromatic nitrogens is 2. The van der Waals surface area contributed by atoms with Gasteiger partial charge in [-0.2, -0.15) is 0 Å². The fourth-order valence-electron chi connectivity index (χ4n) is 1.40. The zero-order valence-corrected chi connectivity index (χ0v) is 10.3. The summed E-state index contributed by atoms with van der Waals surface area (Å²) in [5.41, 5.74) is 2.61. The monoisotopic (exact) mass is 270 g/mol. The third-order valence-corrected chi connectivity index (χ3v) is 2.43. The highest BCUT2D eigenvalue weighted by atomic mass is 16.4. The van der Waals surface area contributed by atoms with E-state index >= 15 is 0 Å². The van der Waals surface area contributed by atoms with Gasteiger partial charge in [-0.05, 0) is 5.92 Å². The van der Waals surface area contributed by atoms with Crippen molar-refractivity contribution in [3.8, 4) is 0 Å². The highest BCUT2D eigenvalue weighted by Crippen LogP contribution is 2.05. The normalized spacial score (nSPS) is 12.2. The van der Waals surface area contributed by atoms with E-state index in [1.54, 1.807) is 13.8 Å². The molecule has 0 aliphatic carbocycles. The Hall–Kier alpha value is -2.58. The second kappa shape index (κ2) is 5.38. The predicted octanol–water partition coefficient (Wildman–Crippen LogP) is -1.52. The smallest absolute Gasteiger partial charge is 0.326 e. The molecule has 1 rings (SSSR count). The lowest BCUT2D eigenvalue weighted by atomic mass is 10.0. The maximum absolute atomic E-state index is 11.8. The van der Waals surface area contributed by atoms with Crippen molar-refractivity contribution in [2.75, 3.05) is 5.73 Å². The first-order valence-electron chi connectivity index (χ1n) is 5.39. The number of anilines is 1. The SMILES string of the molecule is CC(C)[C@H](NC(=O)c1[nH]c(=O)[nH]c(=O)c1N)C(=O)O. The Balaban J connectivity index is 3.11. The number of carboxylic acids is 1. The summed E-state index contributed by atoms with van der Waals surface area (Å²) < 4.78 is 0. The Morgan fingerprint density at radius 3 is 2.32 bits per heavy atom. The Morgan fingerprint density at radius 2 is 1.84 bits per heavy atom. The molecule has 0 aliphatic heterocycles. The van der Waals surface area contributed by atoms with Crippen LogP contribution in [0.15, 0.2) is 9.59 Å². The Bertz CT molecular complexity index is 615. The molecule has 1 aromatic rings. The topological polar surface area (TPSA) is 158 Å². The van der Waals surface area contributed by atoms with E-state index in [2.05, 4.69) is 10.3 Å². The molecular weight excluding hydrogens is 256 g/mol. The summed E-state index contributed by atoms with van der Waals surface area (Å²) in [5.74, 6) is -2.53. The molecule has 0 bridgehead atoms. The van der Waals surface area contributed by atoms with Gasteiger partial charge in [-0.1, -0.05) is 13.8 Å². The van der Waals surface area contributed by atoms with Gasteiger partial charge in [-0.25, -0.2) is 9.59 Å². The third-order valence-electron chi connectivity index (χ3n) is 2.43. The number of hydrogen-bond donors (Lipinski definition) is 5. The Labute approximate surface area is 106 Å². The van der Waals surface area contributed by atoms with Crippen LogP contribution in [0.4, 0.5) is 5.69 Å². The van der Waals surface area contributed by atoms with Crippen molar-refractivity contribution >= 4 is 17.6 Å². The minimum Gasteiger partial charge on any atom is -0.480 e. The summed E-state index contributed by atoms with van der Waals surface area (Å²) >= 11 is 0. The van der Waals surface area contributed by atoms with Crippen LogP contribution >= 0.6 is 0 Å². The van der Waals surface area contributed by atoms with Gasteiger partial charge in [0, 0.05) is 0 Å². The Kier molecular flexibility index (Phi) is 4.10. The number of H-pyrrole nitrogens is 2. The van der Waals surface area contributed by atoms with Gasteiger partial charge >= 0.3 is 11.7 Å². The largest absolute Gasteiger partial charge is 0.480 e. The third kappa shape index (κ3) is 3.21. The fourth-order valence-corrected chi connectivity index (χ4v) is 1.40. The predicted molar refractivity (Wildman–Crippen MR) is 65.8 cm³/mol. The van der Waals surface area contributed by atoms with E-state index in [1.807, 2.05) is 4.98 Å². The van der Waals surface area contributed by atoms with Gasteiger partial charge in [0.25, 0.3) is 11.5 Å². The number of aromatic amines is 2. The van der Waals surface area contributed by atoms with Crippen LogP contribution < -0.4 is 22.3 Å². The van der Waals surface area contributed by atoms with Gasteiger partial charge < -0.3 is 21.1 Å². The molecule has 0 saturated heterocycles. The van der Waals surface area contributed by atoms with Gasteiger partial charge in [-0.15, -0.1) is 0 Å². The number of carboxylic acid groups (broad SMARTS) is 1. The van der Waals surface area contributed by atoms with Crippen LogP contribution in [0.25, 0.3) is 0 Å². The lowest BCUT2D eigenvalue weighted by molar-refractivity contribution is -0.140. The molecule has 0 aliphatic rings. The maximum atomic E-state index is 11.8. The number of nitrogens with one attached hydrogen (secondary N) is 3. The summed E-state index contributed by atoms with van der Waals surface area (Å²) in [6.07, 6.45) is 0. The highest BCUT2D eigenvalue weighted by Gasteiger charge is 2.25. The van der Waals surface area contributed by atoms with Gasteiger partial charge in [0.05, 0.1) is 0 Å². The first-order chi connectivity index (χ1) is 8.73. The van der Waals surface area contributed by atoms with Crippen molar-refractivity contribution in [3.05, 3.63) is 26.5 Å². The van der Waals surface area contributed by atoms with Crippen molar-refractivity contribution < 1.29 is 14.7 Å². The van der Waals surface area contributed by atoms with E-state index in [4.69, 9.17) is 10.8 Å². The van der Waals surface area contributed by atoms with E-state index in [0.29, 0.717) is 0 Å². The Morgan fingerprint density at radius 1 is 1.26 bits per heavy atom. The first kappa shape index (κ1) is 14.5. The summed E-state index contributed by atoms with van der Waals surface area (Å²) in [7, 11) is 0. The van der Waals surface area contributed by atoms with Crippen LogP contribution in [-0.2, 0) is 4.79 Å². The van der Waals surface area contributed by atoms with Crippen LogP contribution in [0.5, 0.6) is 0 Å². The molecule has 9 nitrogen and oxygen atoms in total. The number of carbonyl (C=O) groups is 2. The van der Waals surface area contributed by atoms with E-state index in [9.17, 15) is 19.2 Å². The molecule has 1 aromatic heterocycles. The molecule has 0 fully saturated rings. The molecule has 1 heterocycles. The molecule has 0 aromatic carbocycles. The van der Waals surface area contributed by atoms with E-state index < -0.39 is 40.5 Å². The zero-order chi connectivity index (χ0) is 14.7. The van der Waals surface area contributed by atoms with Crippen LogP contribution in [-0.4, -0.2) is 33.0 Å². The van der Waals surface area contributed by atoms with Gasteiger partial charge in [0.15, 0.2) is 0 Å². The van der Waals surface area contributed by atoms with Crippen molar-refractivity contribution in [3.63, 3.8) is 0 Å². The van der Waals surface area contributed by atoms with Crippen molar-refractivity contribution in [1.29, 1.82) is 0 Å². The number of nitrogen functional groups attached to an aromatic ring is 1. The summed E-state index contributed by atoms with van der Waals surface area (Å²) in [6, 6.07) is -1.16. The number of rotatable bonds is 4. The van der Waals surface area contributed by atoms with Crippen molar-refractivity contribution in [2.24, 2.45) is 5.92 Å². The maximum Gasteiger partial charge on any atom is 0.326 e. The molecule has 0 saturated carbocycles. The molecule has 19 heavy (non-hydrogen) atoms. The lowest BCUT2D eigenvalue weighted by Gasteiger charge is -2.17. The number of hydrogen-bond acceptors (Lipinski definition) is 5. The standard InChI is InChI=1S/C10H14N4O5/c1-3(2)5(9(17)18)12-8(16)6-4(11)7(15)14-10(19)13-6/h3,5H,11H2,1-2H3,(H,12,16)(H,17,18)(H2,13,14,15,19)/t5-/m0/s1. The number of aliphatic carboxylic acids is 1. The van der Waals surface area contributed by atoms with Gasteiger partial charge in [0.2, 0.25) is 0 Å². The van der Waals surface area contributed by atoms with Crippen LogP contribution in [0.1, 0.15) is 24.3 Å². The molecule has 0 unspecified atom stereocenters. The van der Waals surface area contributed by atoms with Crippen LogP contribution in [0.2, 0.25) is 0 Å². The molecule has 9 heteroatoms. The van der Waals surface area contributed by atoms with Crippen molar-refractivity contribution in [1.82, 2.24) is 15.3 Å². The number of nitrogens with two attached hydrogens (primary N) is 1. The number of amides is 1. The van der Waals surface area contributed by atoms with Gasteiger partial charge in [0.1, 0.15) is 17.4 Å².